The number of rotatable bonds is 5. The number of nitrogens with zero attached hydrogens (tertiary/aromatic N) is 4. The van der Waals surface area contributed by atoms with E-state index in [0.717, 1.165) is 0 Å². The first-order valence-electron chi connectivity index (χ1n) is 9.39. The normalized spacial score (nSPS) is 14.9. The molecule has 154 valence electrons. The highest BCUT2D eigenvalue weighted by Gasteiger charge is 2.29. The molecule has 1 aliphatic heterocycles. The second kappa shape index (κ2) is 8.42. The summed E-state index contributed by atoms with van der Waals surface area (Å²) in [6.07, 6.45) is 1.51. The van der Waals surface area contributed by atoms with Crippen molar-refractivity contribution in [2.75, 3.05) is 31.1 Å². The van der Waals surface area contributed by atoms with Gasteiger partial charge in [-0.15, -0.1) is 11.3 Å². The van der Waals surface area contributed by atoms with Gasteiger partial charge in [0.05, 0.1) is 11.1 Å². The van der Waals surface area contributed by atoms with Crippen molar-refractivity contribution >= 4 is 29.0 Å². The highest BCUT2D eigenvalue weighted by molar-refractivity contribution is 7.12. The van der Waals surface area contributed by atoms with Crippen molar-refractivity contribution in [3.05, 3.63) is 46.5 Å². The molecule has 3 aromatic heterocycles. The molecule has 0 radical (unpaired) electrons. The topological polar surface area (TPSA) is 116 Å². The summed E-state index contributed by atoms with van der Waals surface area (Å²) in [5, 5.41) is 14.0. The predicted octanol–water partition coefficient (Wildman–Crippen LogP) is 2.33. The molecule has 1 fully saturated rings. The van der Waals surface area contributed by atoms with Crippen LogP contribution in [-0.2, 0) is 4.79 Å². The summed E-state index contributed by atoms with van der Waals surface area (Å²) in [6.45, 7) is 3.54. The number of thiophene rings is 1. The van der Waals surface area contributed by atoms with Crippen molar-refractivity contribution in [2.24, 2.45) is 0 Å². The van der Waals surface area contributed by atoms with E-state index >= 15 is 0 Å². The van der Waals surface area contributed by atoms with Crippen LogP contribution in [0.25, 0.3) is 11.7 Å². The fraction of sp³-hybridized carbons (Fsp3) is 0.300. The van der Waals surface area contributed by atoms with Gasteiger partial charge in [-0.05, 0) is 30.5 Å². The van der Waals surface area contributed by atoms with E-state index in [1.807, 2.05) is 16.3 Å². The molecule has 4 rings (SSSR count). The molecular formula is C20H19N5O4S. The first-order valence-corrected chi connectivity index (χ1v) is 10.3. The van der Waals surface area contributed by atoms with Crippen LogP contribution in [0.1, 0.15) is 22.3 Å². The van der Waals surface area contributed by atoms with Crippen LogP contribution in [0.4, 0.5) is 5.88 Å². The lowest BCUT2D eigenvalue weighted by molar-refractivity contribution is -0.133. The maximum Gasteiger partial charge on any atom is 0.266 e. The number of amides is 2. The van der Waals surface area contributed by atoms with Crippen molar-refractivity contribution in [3.63, 3.8) is 0 Å². The predicted molar refractivity (Wildman–Crippen MR) is 109 cm³/mol. The molecule has 1 aliphatic rings. The number of anilines is 1. The van der Waals surface area contributed by atoms with E-state index in [-0.39, 0.29) is 23.4 Å². The van der Waals surface area contributed by atoms with Gasteiger partial charge in [0.1, 0.15) is 12.1 Å². The minimum absolute atomic E-state index is 0.145. The number of hydrogen-bond donors (Lipinski definition) is 1. The zero-order valence-electron chi connectivity index (χ0n) is 16.2. The minimum Gasteiger partial charge on any atom is -0.459 e. The molecular weight excluding hydrogens is 406 g/mol. The quantitative estimate of drug-likeness (QED) is 0.667. The Balaban J connectivity index is 1.37. The lowest BCUT2D eigenvalue weighted by Gasteiger charge is -2.35. The minimum atomic E-state index is -0.628. The first kappa shape index (κ1) is 19.7. The average molecular weight is 425 g/mol. The van der Waals surface area contributed by atoms with Gasteiger partial charge in [0, 0.05) is 26.2 Å². The Labute approximate surface area is 176 Å². The number of carbonyl (C=O) groups excluding carboxylic acids is 2. The molecule has 1 unspecified atom stereocenters. The van der Waals surface area contributed by atoms with Gasteiger partial charge in [-0.1, -0.05) is 6.07 Å². The lowest BCUT2D eigenvalue weighted by Crippen LogP contribution is -2.54. The van der Waals surface area contributed by atoms with Crippen LogP contribution in [-0.4, -0.2) is 53.9 Å². The van der Waals surface area contributed by atoms with Crippen molar-refractivity contribution < 1.29 is 18.4 Å². The Morgan fingerprint density at radius 2 is 2.07 bits per heavy atom. The lowest BCUT2D eigenvalue weighted by atomic mass is 10.2. The number of oxazole rings is 1. The van der Waals surface area contributed by atoms with E-state index in [4.69, 9.17) is 8.83 Å². The number of piperazine rings is 1. The summed E-state index contributed by atoms with van der Waals surface area (Å²) in [7, 11) is 0. The molecule has 1 atom stereocenters. The highest BCUT2D eigenvalue weighted by Crippen LogP contribution is 2.29. The largest absolute Gasteiger partial charge is 0.459 e. The monoisotopic (exact) mass is 425 g/mol. The van der Waals surface area contributed by atoms with Crippen LogP contribution >= 0.6 is 11.3 Å². The van der Waals surface area contributed by atoms with Crippen LogP contribution in [0, 0.1) is 11.3 Å². The van der Waals surface area contributed by atoms with Crippen molar-refractivity contribution in [1.29, 1.82) is 5.26 Å². The van der Waals surface area contributed by atoms with Crippen LogP contribution in [0.15, 0.2) is 44.7 Å². The zero-order valence-corrected chi connectivity index (χ0v) is 17.0. The van der Waals surface area contributed by atoms with Gasteiger partial charge in [-0.2, -0.15) is 10.2 Å². The molecule has 1 saturated heterocycles. The molecule has 3 aromatic rings. The molecule has 9 nitrogen and oxygen atoms in total. The van der Waals surface area contributed by atoms with E-state index in [2.05, 4.69) is 10.3 Å². The van der Waals surface area contributed by atoms with E-state index < -0.39 is 6.04 Å². The number of nitrogens with one attached hydrogen (secondary N) is 1. The van der Waals surface area contributed by atoms with Crippen LogP contribution in [0.5, 0.6) is 0 Å². The van der Waals surface area contributed by atoms with Crippen LogP contribution < -0.4 is 10.2 Å². The summed E-state index contributed by atoms with van der Waals surface area (Å²) in [5.41, 5.74) is 0.178. The summed E-state index contributed by atoms with van der Waals surface area (Å²) >= 11 is 1.33. The summed E-state index contributed by atoms with van der Waals surface area (Å²) < 4.78 is 11.0. The third-order valence-corrected chi connectivity index (χ3v) is 5.66. The summed E-state index contributed by atoms with van der Waals surface area (Å²) in [5.74, 6) is 0.663. The SMILES string of the molecule is CC(NC(=O)c1cccs1)C(=O)N1CCN(c2oc(-c3ccco3)nc2C#N)CC1. The number of nitriles is 1. The molecule has 30 heavy (non-hydrogen) atoms. The maximum atomic E-state index is 12.7. The second-order valence-corrected chi connectivity index (χ2v) is 7.69. The Kier molecular flexibility index (Phi) is 5.54. The standard InChI is InChI=1S/C20H19N5O4S/c1-13(22-17(26)16-5-3-11-30-16)19(27)24-6-8-25(9-7-24)20-14(12-21)23-18(29-20)15-4-2-10-28-15/h2-5,10-11,13H,6-9H2,1H3,(H,22,26). The molecule has 4 heterocycles. The van der Waals surface area contributed by atoms with Gasteiger partial charge < -0.3 is 24.0 Å². The molecule has 2 amide bonds. The Hall–Kier alpha value is -3.58. The third kappa shape index (κ3) is 3.92. The maximum absolute atomic E-state index is 12.7. The summed E-state index contributed by atoms with van der Waals surface area (Å²) in [4.78, 5) is 33.2. The number of carbonyl (C=O) groups is 2. The second-order valence-electron chi connectivity index (χ2n) is 6.75. The first-order chi connectivity index (χ1) is 14.6. The Morgan fingerprint density at radius 3 is 2.70 bits per heavy atom. The number of hydrogen-bond acceptors (Lipinski definition) is 8. The van der Waals surface area contributed by atoms with E-state index in [0.29, 0.717) is 42.7 Å². The third-order valence-electron chi connectivity index (χ3n) is 4.79. The van der Waals surface area contributed by atoms with Crippen LogP contribution in [0.2, 0.25) is 0 Å². The van der Waals surface area contributed by atoms with Crippen LogP contribution in [0.3, 0.4) is 0 Å². The highest BCUT2D eigenvalue weighted by atomic mass is 32.1. The van der Waals surface area contributed by atoms with Gasteiger partial charge in [0.25, 0.3) is 11.8 Å². The van der Waals surface area contributed by atoms with Crippen molar-refractivity contribution in [2.45, 2.75) is 13.0 Å². The molecule has 1 N–H and O–H groups in total. The Bertz CT molecular complexity index is 1060. The van der Waals surface area contributed by atoms with Gasteiger partial charge in [-0.25, -0.2) is 0 Å². The fourth-order valence-corrected chi connectivity index (χ4v) is 3.87. The van der Waals surface area contributed by atoms with Gasteiger partial charge in [0.15, 0.2) is 5.76 Å². The van der Waals surface area contributed by atoms with E-state index in [1.165, 1.54) is 17.6 Å². The molecule has 0 aliphatic carbocycles. The van der Waals surface area contributed by atoms with E-state index in [1.54, 1.807) is 36.1 Å². The van der Waals surface area contributed by atoms with Gasteiger partial charge in [-0.3, -0.25) is 9.59 Å². The molecule has 0 bridgehead atoms. The van der Waals surface area contributed by atoms with Gasteiger partial charge in [0.2, 0.25) is 17.5 Å². The number of aromatic nitrogens is 1. The Morgan fingerprint density at radius 1 is 1.27 bits per heavy atom. The molecule has 0 spiro atoms. The molecule has 10 heteroatoms. The molecule has 0 saturated carbocycles. The number of furan rings is 1. The fourth-order valence-electron chi connectivity index (χ4n) is 3.25. The smallest absolute Gasteiger partial charge is 0.266 e. The van der Waals surface area contributed by atoms with E-state index in [9.17, 15) is 14.9 Å². The van der Waals surface area contributed by atoms with Gasteiger partial charge >= 0.3 is 0 Å². The summed E-state index contributed by atoms with van der Waals surface area (Å²) in [6, 6.07) is 8.36. The average Bonchev–Trinajstić information content (AvgIpc) is 3.54. The van der Waals surface area contributed by atoms with Crippen molar-refractivity contribution in [1.82, 2.24) is 15.2 Å². The molecule has 0 aromatic carbocycles. The van der Waals surface area contributed by atoms with Crippen molar-refractivity contribution in [3.8, 4) is 17.7 Å². The zero-order chi connectivity index (χ0) is 21.1.